The van der Waals surface area contributed by atoms with Gasteiger partial charge < -0.3 is 5.32 Å². The van der Waals surface area contributed by atoms with Gasteiger partial charge in [0.25, 0.3) is 0 Å². The number of unbranched alkanes of at least 4 members (excludes halogenated alkanes) is 1. The van der Waals surface area contributed by atoms with Crippen molar-refractivity contribution in [1.82, 2.24) is 5.32 Å². The van der Waals surface area contributed by atoms with Crippen LogP contribution in [0.2, 0.25) is 0 Å². The fourth-order valence-electron chi connectivity index (χ4n) is 1.39. The average molecular weight is 211 g/mol. The van der Waals surface area contributed by atoms with E-state index in [0.717, 1.165) is 12.5 Å². The Morgan fingerprint density at radius 3 is 2.86 bits per heavy atom. The summed E-state index contributed by atoms with van der Waals surface area (Å²) in [7, 11) is 0. The van der Waals surface area contributed by atoms with Crippen LogP contribution in [0, 0.1) is 5.92 Å². The minimum atomic E-state index is 0.771. The Hall–Kier alpha value is -0.340. The topological polar surface area (TPSA) is 12.0 Å². The van der Waals surface area contributed by atoms with Crippen molar-refractivity contribution in [3.05, 3.63) is 22.4 Å². The minimum absolute atomic E-state index is 0.771. The van der Waals surface area contributed by atoms with Crippen LogP contribution in [0.25, 0.3) is 0 Å². The van der Waals surface area contributed by atoms with Gasteiger partial charge in [-0.1, -0.05) is 19.9 Å². The van der Waals surface area contributed by atoms with Crippen LogP contribution in [-0.2, 0) is 6.42 Å². The van der Waals surface area contributed by atoms with Crippen LogP contribution in [0.5, 0.6) is 0 Å². The van der Waals surface area contributed by atoms with Crippen LogP contribution in [0.1, 0.15) is 31.6 Å². The molecule has 0 saturated carbocycles. The van der Waals surface area contributed by atoms with Gasteiger partial charge in [0.05, 0.1) is 0 Å². The molecular weight excluding hydrogens is 190 g/mol. The van der Waals surface area contributed by atoms with E-state index in [9.17, 15) is 0 Å². The van der Waals surface area contributed by atoms with E-state index in [-0.39, 0.29) is 0 Å². The molecule has 0 saturated heterocycles. The second kappa shape index (κ2) is 7.02. The molecule has 2 heteroatoms. The first kappa shape index (κ1) is 11.7. The van der Waals surface area contributed by atoms with E-state index in [1.807, 2.05) is 11.3 Å². The lowest BCUT2D eigenvalue weighted by Gasteiger charge is -2.06. The van der Waals surface area contributed by atoms with E-state index in [4.69, 9.17) is 0 Å². The van der Waals surface area contributed by atoms with Gasteiger partial charge in [0.15, 0.2) is 0 Å². The molecule has 1 N–H and O–H groups in total. The SMILES string of the molecule is CC(C)CNCCCCc1cccs1. The predicted molar refractivity (Wildman–Crippen MR) is 65.0 cm³/mol. The molecule has 1 heterocycles. The van der Waals surface area contributed by atoms with Crippen molar-refractivity contribution in [1.29, 1.82) is 0 Å². The van der Waals surface area contributed by atoms with Crippen LogP contribution in [0.3, 0.4) is 0 Å². The molecule has 0 unspecified atom stereocenters. The quantitative estimate of drug-likeness (QED) is 0.682. The molecule has 1 nitrogen and oxygen atoms in total. The van der Waals surface area contributed by atoms with Crippen molar-refractivity contribution in [2.24, 2.45) is 5.92 Å². The third-order valence-corrected chi connectivity index (χ3v) is 3.10. The molecule has 14 heavy (non-hydrogen) atoms. The Kier molecular flexibility index (Phi) is 5.88. The van der Waals surface area contributed by atoms with Crippen LogP contribution in [0.15, 0.2) is 17.5 Å². The smallest absolute Gasteiger partial charge is 0.00452 e. The van der Waals surface area contributed by atoms with Crippen molar-refractivity contribution in [3.8, 4) is 0 Å². The fraction of sp³-hybridized carbons (Fsp3) is 0.667. The maximum absolute atomic E-state index is 3.47. The van der Waals surface area contributed by atoms with Crippen LogP contribution < -0.4 is 5.32 Å². The molecular formula is C12H21NS. The first-order valence-electron chi connectivity index (χ1n) is 5.52. The summed E-state index contributed by atoms with van der Waals surface area (Å²) in [4.78, 5) is 1.52. The van der Waals surface area contributed by atoms with Gasteiger partial charge in [0.1, 0.15) is 0 Å². The largest absolute Gasteiger partial charge is 0.316 e. The number of hydrogen-bond donors (Lipinski definition) is 1. The lowest BCUT2D eigenvalue weighted by Crippen LogP contribution is -2.20. The highest BCUT2D eigenvalue weighted by Gasteiger charge is 1.95. The van der Waals surface area contributed by atoms with Crippen molar-refractivity contribution in [3.63, 3.8) is 0 Å². The Morgan fingerprint density at radius 1 is 1.36 bits per heavy atom. The van der Waals surface area contributed by atoms with Gasteiger partial charge in [-0.15, -0.1) is 11.3 Å². The molecule has 0 atom stereocenters. The zero-order valence-corrected chi connectivity index (χ0v) is 10.1. The molecule has 0 aromatic carbocycles. The van der Waals surface area contributed by atoms with Crippen molar-refractivity contribution in [2.45, 2.75) is 33.1 Å². The Morgan fingerprint density at radius 2 is 2.21 bits per heavy atom. The normalized spacial score (nSPS) is 11.1. The molecule has 0 aliphatic carbocycles. The number of rotatable bonds is 7. The molecule has 0 radical (unpaired) electrons. The summed E-state index contributed by atoms with van der Waals surface area (Å²) < 4.78 is 0. The highest BCUT2D eigenvalue weighted by atomic mass is 32.1. The van der Waals surface area contributed by atoms with E-state index >= 15 is 0 Å². The third-order valence-electron chi connectivity index (χ3n) is 2.16. The highest BCUT2D eigenvalue weighted by molar-refractivity contribution is 7.09. The maximum Gasteiger partial charge on any atom is 0.00452 e. The molecule has 80 valence electrons. The molecule has 0 aliphatic heterocycles. The molecule has 1 aromatic rings. The monoisotopic (exact) mass is 211 g/mol. The standard InChI is InChI=1S/C12H21NS/c1-11(2)10-13-8-4-3-6-12-7-5-9-14-12/h5,7,9,11,13H,3-4,6,8,10H2,1-2H3. The van der Waals surface area contributed by atoms with Gasteiger partial charge in [0, 0.05) is 4.88 Å². The third kappa shape index (κ3) is 5.40. The van der Waals surface area contributed by atoms with E-state index in [2.05, 4.69) is 36.7 Å². The summed E-state index contributed by atoms with van der Waals surface area (Å²) in [6, 6.07) is 4.36. The minimum Gasteiger partial charge on any atom is -0.316 e. The molecule has 0 bridgehead atoms. The molecule has 1 aromatic heterocycles. The summed E-state index contributed by atoms with van der Waals surface area (Å²) in [6.07, 6.45) is 3.86. The number of nitrogens with one attached hydrogen (secondary N) is 1. The van der Waals surface area contributed by atoms with Gasteiger partial charge in [-0.3, -0.25) is 0 Å². The summed E-state index contributed by atoms with van der Waals surface area (Å²) in [5.74, 6) is 0.771. The number of thiophene rings is 1. The van der Waals surface area contributed by atoms with E-state index in [1.165, 1.54) is 30.7 Å². The fourth-order valence-corrected chi connectivity index (χ4v) is 2.15. The van der Waals surface area contributed by atoms with Gasteiger partial charge in [0.2, 0.25) is 0 Å². The van der Waals surface area contributed by atoms with E-state index < -0.39 is 0 Å². The summed E-state index contributed by atoms with van der Waals surface area (Å²) in [5.41, 5.74) is 0. The molecule has 1 rings (SSSR count). The van der Waals surface area contributed by atoms with Crippen LogP contribution in [-0.4, -0.2) is 13.1 Å². The van der Waals surface area contributed by atoms with Gasteiger partial charge >= 0.3 is 0 Å². The molecule has 0 amide bonds. The summed E-state index contributed by atoms with van der Waals surface area (Å²) in [5, 5.41) is 5.63. The van der Waals surface area contributed by atoms with Crippen molar-refractivity contribution in [2.75, 3.05) is 13.1 Å². The lowest BCUT2D eigenvalue weighted by molar-refractivity contribution is 0.536. The Labute approximate surface area is 91.5 Å². The van der Waals surface area contributed by atoms with Gasteiger partial charge in [-0.05, 0) is 49.7 Å². The average Bonchev–Trinajstić information content (AvgIpc) is 2.63. The Bertz CT molecular complexity index is 216. The van der Waals surface area contributed by atoms with Crippen molar-refractivity contribution >= 4 is 11.3 Å². The van der Waals surface area contributed by atoms with E-state index in [0.29, 0.717) is 0 Å². The second-order valence-corrected chi connectivity index (χ2v) is 5.17. The summed E-state index contributed by atoms with van der Waals surface area (Å²) in [6.45, 7) is 6.82. The van der Waals surface area contributed by atoms with Crippen molar-refractivity contribution < 1.29 is 0 Å². The molecule has 0 fully saturated rings. The number of aryl methyl sites for hydroxylation is 1. The molecule has 0 spiro atoms. The van der Waals surface area contributed by atoms with E-state index in [1.54, 1.807) is 0 Å². The highest BCUT2D eigenvalue weighted by Crippen LogP contribution is 2.11. The predicted octanol–water partition coefficient (Wildman–Crippen LogP) is 3.32. The van der Waals surface area contributed by atoms with Crippen LogP contribution in [0.4, 0.5) is 0 Å². The zero-order valence-electron chi connectivity index (χ0n) is 9.25. The number of hydrogen-bond acceptors (Lipinski definition) is 2. The zero-order chi connectivity index (χ0) is 10.2. The lowest BCUT2D eigenvalue weighted by atomic mass is 10.2. The van der Waals surface area contributed by atoms with Crippen LogP contribution >= 0.6 is 11.3 Å². The van der Waals surface area contributed by atoms with Gasteiger partial charge in [-0.25, -0.2) is 0 Å². The van der Waals surface area contributed by atoms with Gasteiger partial charge in [-0.2, -0.15) is 0 Å². The first-order valence-corrected chi connectivity index (χ1v) is 6.40. The second-order valence-electron chi connectivity index (χ2n) is 4.13. The molecule has 0 aliphatic rings. The maximum atomic E-state index is 3.47. The Balaban J connectivity index is 1.90. The summed E-state index contributed by atoms with van der Waals surface area (Å²) >= 11 is 1.87. The first-order chi connectivity index (χ1) is 6.79.